The Balaban J connectivity index is 1.15. The van der Waals surface area contributed by atoms with Crippen LogP contribution in [0.5, 0.6) is 0 Å². The van der Waals surface area contributed by atoms with Gasteiger partial charge in [0.1, 0.15) is 11.2 Å². The first-order valence-electron chi connectivity index (χ1n) is 15.4. The summed E-state index contributed by atoms with van der Waals surface area (Å²) < 4.78 is 19.0. The van der Waals surface area contributed by atoms with E-state index >= 15 is 0 Å². The molecule has 4 aliphatic rings. The lowest BCUT2D eigenvalue weighted by atomic mass is 9.63. The van der Waals surface area contributed by atoms with Crippen molar-refractivity contribution in [3.05, 3.63) is 35.5 Å². The van der Waals surface area contributed by atoms with Crippen molar-refractivity contribution in [3.8, 4) is 0 Å². The zero-order chi connectivity index (χ0) is 28.9. The number of nitrogens with one attached hydrogen (secondary N) is 1. The molecule has 222 valence electrons. The van der Waals surface area contributed by atoms with E-state index in [1.165, 1.54) is 25.9 Å². The number of fused-ring (bicyclic) bond motifs is 1. The van der Waals surface area contributed by atoms with Crippen LogP contribution >= 0.6 is 0 Å². The first-order valence-corrected chi connectivity index (χ1v) is 16.6. The largest absolute Gasteiger partial charge is 0.383 e. The highest BCUT2D eigenvalue weighted by Gasteiger charge is 2.51. The van der Waals surface area contributed by atoms with E-state index in [0.29, 0.717) is 29.8 Å². The summed E-state index contributed by atoms with van der Waals surface area (Å²) in [6.45, 7) is 11.2. The van der Waals surface area contributed by atoms with Crippen LogP contribution in [0.3, 0.4) is 0 Å². The average molecular weight is 580 g/mol. The molecule has 6 rings (SSSR count). The summed E-state index contributed by atoms with van der Waals surface area (Å²) in [5.74, 6) is 1.22. The summed E-state index contributed by atoms with van der Waals surface area (Å²) in [5.41, 5.74) is 2.34. The van der Waals surface area contributed by atoms with Gasteiger partial charge in [0.05, 0.1) is 17.4 Å². The zero-order valence-electron chi connectivity index (χ0n) is 25.2. The number of aromatic nitrogens is 2. The van der Waals surface area contributed by atoms with Crippen molar-refractivity contribution in [2.45, 2.75) is 107 Å². The maximum atomic E-state index is 13.6. The summed E-state index contributed by atoms with van der Waals surface area (Å²) in [4.78, 5) is 28.5. The predicted molar refractivity (Wildman–Crippen MR) is 163 cm³/mol. The fourth-order valence-electron chi connectivity index (χ4n) is 7.61. The number of methoxy groups -OCH3 is 1. The molecule has 1 saturated heterocycles. The standard InChI is InChI=1S/C32H45N5O3S/c1-21(2)36-14-12-32(13-15-36)17-25(18-32)41(39)24-10-11-27(22(3)16-24)34-30-33-19-26-28(35-30)37(23-8-6-7-9-23)29(38)31(26,4)20-40-5/h10-11,16,19,21,23,25H,6-9,12-15,17-18,20H2,1-5H3,(H,33,34,35). The van der Waals surface area contributed by atoms with Crippen molar-refractivity contribution >= 4 is 34.2 Å². The SMILES string of the molecule is COCC1(C)C(=O)N(C2CCCC2)c2nc(Nc3ccc(S(=O)C4CC5(CCN(C(C)C)CC5)C4)cc3C)ncc21. The molecule has 2 aliphatic heterocycles. The van der Waals surface area contributed by atoms with Crippen molar-refractivity contribution in [3.63, 3.8) is 0 Å². The molecular formula is C32H45N5O3S. The molecule has 41 heavy (non-hydrogen) atoms. The van der Waals surface area contributed by atoms with Gasteiger partial charge >= 0.3 is 0 Å². The van der Waals surface area contributed by atoms with Crippen LogP contribution in [0.1, 0.15) is 83.3 Å². The average Bonchev–Trinajstić information content (AvgIpc) is 3.53. The van der Waals surface area contributed by atoms with Crippen molar-refractivity contribution in [1.82, 2.24) is 14.9 Å². The van der Waals surface area contributed by atoms with Crippen LogP contribution in [0.15, 0.2) is 29.3 Å². The number of anilines is 3. The number of carbonyl (C=O) groups excluding carboxylic acids is 1. The smallest absolute Gasteiger partial charge is 0.241 e. The van der Waals surface area contributed by atoms with E-state index in [2.05, 4.69) is 29.0 Å². The van der Waals surface area contributed by atoms with Gasteiger partial charge in [-0.05, 0) is 108 Å². The lowest BCUT2D eigenvalue weighted by Gasteiger charge is -2.52. The minimum atomic E-state index is -1.00. The number of carbonyl (C=O) groups is 1. The second kappa shape index (κ2) is 11.0. The Kier molecular flexibility index (Phi) is 7.74. The van der Waals surface area contributed by atoms with Crippen LogP contribution in [0, 0.1) is 12.3 Å². The summed E-state index contributed by atoms with van der Waals surface area (Å²) in [5, 5.41) is 3.62. The van der Waals surface area contributed by atoms with Crippen LogP contribution in [0.25, 0.3) is 0 Å². The molecule has 2 saturated carbocycles. The number of aryl methyl sites for hydroxylation is 1. The first-order chi connectivity index (χ1) is 19.6. The Labute approximate surface area is 247 Å². The van der Waals surface area contributed by atoms with Crippen molar-refractivity contribution in [2.75, 3.05) is 37.0 Å². The zero-order valence-corrected chi connectivity index (χ0v) is 26.1. The number of amides is 1. The van der Waals surface area contributed by atoms with Gasteiger partial charge in [0, 0.05) is 46.8 Å². The van der Waals surface area contributed by atoms with Crippen LogP contribution < -0.4 is 10.2 Å². The van der Waals surface area contributed by atoms with Gasteiger partial charge in [0.2, 0.25) is 11.9 Å². The molecule has 2 aromatic rings. The third-order valence-electron chi connectivity index (χ3n) is 10.3. The molecule has 3 heterocycles. The maximum Gasteiger partial charge on any atom is 0.241 e. The van der Waals surface area contributed by atoms with E-state index in [9.17, 15) is 9.00 Å². The van der Waals surface area contributed by atoms with Crippen LogP contribution in [-0.4, -0.2) is 69.1 Å². The molecule has 1 spiro atoms. The summed E-state index contributed by atoms with van der Waals surface area (Å²) in [7, 11) is 0.629. The topological polar surface area (TPSA) is 87.7 Å². The molecule has 2 aliphatic carbocycles. The lowest BCUT2D eigenvalue weighted by molar-refractivity contribution is -0.124. The highest BCUT2D eigenvalue weighted by molar-refractivity contribution is 7.85. The maximum absolute atomic E-state index is 13.6. The van der Waals surface area contributed by atoms with E-state index in [4.69, 9.17) is 9.72 Å². The van der Waals surface area contributed by atoms with Crippen LogP contribution in [0.4, 0.5) is 17.5 Å². The van der Waals surface area contributed by atoms with Crippen LogP contribution in [0.2, 0.25) is 0 Å². The molecule has 3 fully saturated rings. The molecule has 1 N–H and O–H groups in total. The van der Waals surface area contributed by atoms with Crippen molar-refractivity contribution in [2.24, 2.45) is 5.41 Å². The summed E-state index contributed by atoms with van der Waals surface area (Å²) >= 11 is 0. The quantitative estimate of drug-likeness (QED) is 0.443. The Bertz CT molecular complexity index is 1330. The van der Waals surface area contributed by atoms with E-state index < -0.39 is 16.2 Å². The number of ether oxygens (including phenoxy) is 1. The molecule has 1 amide bonds. The van der Waals surface area contributed by atoms with Gasteiger partial charge in [-0.3, -0.25) is 13.9 Å². The van der Waals surface area contributed by atoms with Gasteiger partial charge in [-0.25, -0.2) is 4.98 Å². The Morgan fingerprint density at radius 2 is 1.88 bits per heavy atom. The van der Waals surface area contributed by atoms with Crippen molar-refractivity contribution < 1.29 is 13.7 Å². The summed E-state index contributed by atoms with van der Waals surface area (Å²) in [6.07, 6.45) is 10.7. The number of hydrogen-bond acceptors (Lipinski definition) is 7. The third-order valence-corrected chi connectivity index (χ3v) is 12.0. The fourth-order valence-corrected chi connectivity index (χ4v) is 9.50. The summed E-state index contributed by atoms with van der Waals surface area (Å²) in [6, 6.07) is 6.80. The fraction of sp³-hybridized carbons (Fsp3) is 0.656. The number of nitrogens with zero attached hydrogens (tertiary/aromatic N) is 4. The Morgan fingerprint density at radius 1 is 1.17 bits per heavy atom. The predicted octanol–water partition coefficient (Wildman–Crippen LogP) is 5.48. The normalized spacial score (nSPS) is 25.6. The molecule has 9 heteroatoms. The second-order valence-electron chi connectivity index (χ2n) is 13.4. The van der Waals surface area contributed by atoms with Gasteiger partial charge in [-0.2, -0.15) is 4.98 Å². The van der Waals surface area contributed by atoms with Gasteiger partial charge in [0.15, 0.2) is 0 Å². The van der Waals surface area contributed by atoms with Crippen LogP contribution in [-0.2, 0) is 25.7 Å². The number of hydrogen-bond donors (Lipinski definition) is 1. The van der Waals surface area contributed by atoms with Gasteiger partial charge in [0.25, 0.3) is 0 Å². The lowest BCUT2D eigenvalue weighted by Crippen LogP contribution is -2.51. The highest BCUT2D eigenvalue weighted by Crippen LogP contribution is 2.52. The Hall–Kier alpha value is -2.36. The Morgan fingerprint density at radius 3 is 2.51 bits per heavy atom. The molecule has 1 aromatic carbocycles. The molecule has 8 nitrogen and oxygen atoms in total. The number of rotatable bonds is 8. The number of benzene rings is 1. The van der Waals surface area contributed by atoms with E-state index in [1.807, 2.05) is 36.9 Å². The molecule has 1 aromatic heterocycles. The number of likely N-dealkylation sites (tertiary alicyclic amines) is 1. The molecule has 2 atom stereocenters. The molecule has 0 bridgehead atoms. The minimum absolute atomic E-state index is 0.0546. The van der Waals surface area contributed by atoms with Gasteiger partial charge < -0.3 is 15.0 Å². The number of piperidine rings is 1. The highest BCUT2D eigenvalue weighted by atomic mass is 32.2. The minimum Gasteiger partial charge on any atom is -0.383 e. The second-order valence-corrected chi connectivity index (χ2v) is 15.1. The van der Waals surface area contributed by atoms with Gasteiger partial charge in [-0.1, -0.05) is 12.8 Å². The molecule has 2 unspecified atom stereocenters. The van der Waals surface area contributed by atoms with E-state index in [0.717, 1.165) is 60.2 Å². The van der Waals surface area contributed by atoms with Crippen molar-refractivity contribution in [1.29, 1.82) is 0 Å². The van der Waals surface area contributed by atoms with E-state index in [-0.39, 0.29) is 17.2 Å². The van der Waals surface area contributed by atoms with E-state index in [1.54, 1.807) is 13.3 Å². The molecule has 0 radical (unpaired) electrons. The third kappa shape index (κ3) is 5.12. The molecular weight excluding hydrogens is 534 g/mol. The van der Waals surface area contributed by atoms with Gasteiger partial charge in [-0.15, -0.1) is 0 Å². The first kappa shape index (κ1) is 28.7. The monoisotopic (exact) mass is 579 g/mol.